The number of nitrogens with one attached hydrogen (secondary N) is 2. The molecule has 0 saturated heterocycles. The summed E-state index contributed by atoms with van der Waals surface area (Å²) in [4.78, 5) is 17.7. The highest BCUT2D eigenvalue weighted by Crippen LogP contribution is 2.18. The van der Waals surface area contributed by atoms with Crippen LogP contribution < -0.4 is 16.6 Å². The molecule has 1 aromatic heterocycles. The molecule has 0 radical (unpaired) electrons. The maximum absolute atomic E-state index is 11.3. The van der Waals surface area contributed by atoms with Gasteiger partial charge in [0.2, 0.25) is 0 Å². The topological polar surface area (TPSA) is 83.8 Å². The van der Waals surface area contributed by atoms with E-state index in [2.05, 4.69) is 36.1 Å². The van der Waals surface area contributed by atoms with Gasteiger partial charge in [0.05, 0.1) is 6.33 Å². The molecule has 4 N–H and O–H groups in total. The molecule has 0 amide bonds. The quantitative estimate of drug-likeness (QED) is 0.709. The molecule has 16 heavy (non-hydrogen) atoms. The average molecular weight is 224 g/mol. The predicted molar refractivity (Wildman–Crippen MR) is 66.4 cm³/mol. The molecule has 1 aromatic rings. The summed E-state index contributed by atoms with van der Waals surface area (Å²) in [6.07, 6.45) is 3.54. The smallest absolute Gasteiger partial charge is 0.276 e. The van der Waals surface area contributed by atoms with E-state index in [1.54, 1.807) is 0 Å². The first kappa shape index (κ1) is 12.5. The van der Waals surface area contributed by atoms with Crippen molar-refractivity contribution in [1.29, 1.82) is 0 Å². The van der Waals surface area contributed by atoms with Gasteiger partial charge in [-0.15, -0.1) is 0 Å². The van der Waals surface area contributed by atoms with Gasteiger partial charge in [0.25, 0.3) is 5.56 Å². The van der Waals surface area contributed by atoms with Gasteiger partial charge < -0.3 is 16.0 Å². The lowest BCUT2D eigenvalue weighted by atomic mass is 9.95. The number of nitrogen functional groups attached to an aromatic ring is 1. The molecular formula is C11H20N4O. The Morgan fingerprint density at radius 1 is 1.50 bits per heavy atom. The van der Waals surface area contributed by atoms with Crippen molar-refractivity contribution in [2.45, 2.75) is 39.7 Å². The van der Waals surface area contributed by atoms with Crippen LogP contribution in [0.2, 0.25) is 0 Å². The Morgan fingerprint density at radius 3 is 2.69 bits per heavy atom. The molecule has 0 aromatic carbocycles. The maximum atomic E-state index is 11.3. The van der Waals surface area contributed by atoms with E-state index in [-0.39, 0.29) is 17.3 Å². The van der Waals surface area contributed by atoms with E-state index in [0.717, 1.165) is 12.8 Å². The second-order valence-corrected chi connectivity index (χ2v) is 4.00. The highest BCUT2D eigenvalue weighted by molar-refractivity contribution is 5.59. The zero-order valence-electron chi connectivity index (χ0n) is 10.1. The summed E-state index contributed by atoms with van der Waals surface area (Å²) < 4.78 is 0. The van der Waals surface area contributed by atoms with Crippen molar-refractivity contribution in [3.8, 4) is 0 Å². The third kappa shape index (κ3) is 2.74. The van der Waals surface area contributed by atoms with Gasteiger partial charge in [-0.1, -0.05) is 26.7 Å². The Kier molecular flexibility index (Phi) is 4.34. The van der Waals surface area contributed by atoms with Crippen molar-refractivity contribution in [3.05, 3.63) is 16.7 Å². The van der Waals surface area contributed by atoms with Crippen molar-refractivity contribution in [3.63, 3.8) is 0 Å². The van der Waals surface area contributed by atoms with Crippen LogP contribution in [0.25, 0.3) is 0 Å². The van der Waals surface area contributed by atoms with Crippen molar-refractivity contribution >= 4 is 11.5 Å². The minimum Gasteiger partial charge on any atom is -0.391 e. The van der Waals surface area contributed by atoms with Crippen LogP contribution in [0.5, 0.6) is 0 Å². The molecule has 0 fully saturated rings. The number of nitrogens with zero attached hydrogens (tertiary/aromatic N) is 1. The van der Waals surface area contributed by atoms with E-state index >= 15 is 0 Å². The molecule has 0 aliphatic carbocycles. The number of hydrogen-bond donors (Lipinski definition) is 3. The molecule has 1 heterocycles. The highest BCUT2D eigenvalue weighted by Gasteiger charge is 2.15. The normalized spacial score (nSPS) is 12.8. The Hall–Kier alpha value is -1.52. The van der Waals surface area contributed by atoms with Gasteiger partial charge in [-0.2, -0.15) is 0 Å². The van der Waals surface area contributed by atoms with Crippen LogP contribution in [0.15, 0.2) is 11.1 Å². The Bertz CT molecular complexity index is 384. The first-order valence-electron chi connectivity index (χ1n) is 5.69. The lowest BCUT2D eigenvalue weighted by Crippen LogP contribution is -2.27. The SMILES string of the molecule is CCC(CC)C(C)Nc1nc[nH]c(=O)c1N. The molecule has 0 aliphatic rings. The summed E-state index contributed by atoms with van der Waals surface area (Å²) >= 11 is 0. The summed E-state index contributed by atoms with van der Waals surface area (Å²) in [6, 6.07) is 0.256. The highest BCUT2D eigenvalue weighted by atomic mass is 16.1. The molecule has 5 heteroatoms. The van der Waals surface area contributed by atoms with E-state index in [1.165, 1.54) is 6.33 Å². The van der Waals surface area contributed by atoms with Gasteiger partial charge in [0.1, 0.15) is 5.69 Å². The zero-order valence-corrected chi connectivity index (χ0v) is 10.1. The lowest BCUT2D eigenvalue weighted by Gasteiger charge is -2.23. The summed E-state index contributed by atoms with van der Waals surface area (Å²) in [6.45, 7) is 6.39. The molecule has 1 unspecified atom stereocenters. The van der Waals surface area contributed by atoms with Crippen LogP contribution in [0.3, 0.4) is 0 Å². The monoisotopic (exact) mass is 224 g/mol. The largest absolute Gasteiger partial charge is 0.391 e. The number of aromatic nitrogens is 2. The molecule has 5 nitrogen and oxygen atoms in total. The second kappa shape index (κ2) is 5.53. The number of H-pyrrole nitrogens is 1. The third-order valence-electron chi connectivity index (χ3n) is 3.01. The molecule has 1 atom stereocenters. The van der Waals surface area contributed by atoms with Gasteiger partial charge in [-0.25, -0.2) is 4.98 Å². The van der Waals surface area contributed by atoms with Gasteiger partial charge in [0.15, 0.2) is 5.82 Å². The molecule has 0 aliphatic heterocycles. The minimum absolute atomic E-state index is 0.153. The molecule has 1 rings (SSSR count). The average Bonchev–Trinajstić information content (AvgIpc) is 2.26. The van der Waals surface area contributed by atoms with Crippen molar-refractivity contribution < 1.29 is 0 Å². The standard InChI is InChI=1S/C11H20N4O/c1-4-8(5-2)7(3)15-10-9(12)11(16)14-6-13-10/h6-8H,4-5,12H2,1-3H3,(H2,13,14,15,16). The Morgan fingerprint density at radius 2 is 2.12 bits per heavy atom. The first-order chi connectivity index (χ1) is 7.60. The van der Waals surface area contributed by atoms with Crippen LogP contribution in [0.4, 0.5) is 11.5 Å². The van der Waals surface area contributed by atoms with Crippen LogP contribution in [0, 0.1) is 5.92 Å². The summed E-state index contributed by atoms with van der Waals surface area (Å²) in [7, 11) is 0. The first-order valence-corrected chi connectivity index (χ1v) is 5.69. The van der Waals surface area contributed by atoms with Crippen LogP contribution >= 0.6 is 0 Å². The van der Waals surface area contributed by atoms with E-state index in [0.29, 0.717) is 11.7 Å². The van der Waals surface area contributed by atoms with E-state index in [1.807, 2.05) is 0 Å². The Balaban J connectivity index is 2.80. The fourth-order valence-electron chi connectivity index (χ4n) is 1.85. The molecule has 0 bridgehead atoms. The van der Waals surface area contributed by atoms with Crippen molar-refractivity contribution in [2.75, 3.05) is 11.1 Å². The lowest BCUT2D eigenvalue weighted by molar-refractivity contribution is 0.437. The second-order valence-electron chi connectivity index (χ2n) is 4.00. The van der Waals surface area contributed by atoms with Gasteiger partial charge in [0, 0.05) is 6.04 Å². The number of nitrogens with two attached hydrogens (primary N) is 1. The summed E-state index contributed by atoms with van der Waals surface area (Å²) in [5.41, 5.74) is 5.50. The van der Waals surface area contributed by atoms with Crippen molar-refractivity contribution in [1.82, 2.24) is 9.97 Å². The molecule has 0 saturated carbocycles. The molecule has 0 spiro atoms. The Labute approximate surface area is 95.5 Å². The zero-order chi connectivity index (χ0) is 12.1. The molecule has 90 valence electrons. The number of hydrogen-bond acceptors (Lipinski definition) is 4. The fourth-order valence-corrected chi connectivity index (χ4v) is 1.85. The van der Waals surface area contributed by atoms with Gasteiger partial charge in [-0.3, -0.25) is 4.79 Å². The van der Waals surface area contributed by atoms with Crippen LogP contribution in [0.1, 0.15) is 33.6 Å². The number of aromatic amines is 1. The van der Waals surface area contributed by atoms with Crippen LogP contribution in [-0.4, -0.2) is 16.0 Å². The number of rotatable bonds is 5. The van der Waals surface area contributed by atoms with E-state index < -0.39 is 0 Å². The number of anilines is 2. The van der Waals surface area contributed by atoms with E-state index in [9.17, 15) is 4.79 Å². The third-order valence-corrected chi connectivity index (χ3v) is 3.01. The summed E-state index contributed by atoms with van der Waals surface area (Å²) in [5, 5.41) is 3.20. The fraction of sp³-hybridized carbons (Fsp3) is 0.636. The maximum Gasteiger partial charge on any atom is 0.276 e. The van der Waals surface area contributed by atoms with Crippen LogP contribution in [-0.2, 0) is 0 Å². The van der Waals surface area contributed by atoms with Crippen molar-refractivity contribution in [2.24, 2.45) is 5.92 Å². The molecular weight excluding hydrogens is 204 g/mol. The van der Waals surface area contributed by atoms with Gasteiger partial charge in [-0.05, 0) is 12.8 Å². The van der Waals surface area contributed by atoms with E-state index in [4.69, 9.17) is 5.73 Å². The summed E-state index contributed by atoms with van der Waals surface area (Å²) in [5.74, 6) is 1.03. The predicted octanol–water partition coefficient (Wildman–Crippen LogP) is 1.59. The van der Waals surface area contributed by atoms with Gasteiger partial charge >= 0.3 is 0 Å². The minimum atomic E-state index is -0.297.